The van der Waals surface area contributed by atoms with Crippen LogP contribution in [0.5, 0.6) is 0 Å². The number of nitrogens with zero attached hydrogens (tertiary/aromatic N) is 3. The standard InChI is InChI=1S/C28H26F2N4O3/c1-17(33(2)24(35)15-18-13-20(29)16-21(30)14-18)27(36)32-26-28(37)34(3)23-12-8-7-11-22(23)25(31-26)19-9-5-4-6-10-19/h4-14,16-17,26H,15H2,1-3H3,(H,32,36)/t17-,26?/m0/s1. The lowest BCUT2D eigenvalue weighted by Crippen LogP contribution is -2.52. The Labute approximate surface area is 213 Å². The molecule has 0 spiro atoms. The molecule has 0 bridgehead atoms. The first-order chi connectivity index (χ1) is 17.7. The number of aliphatic imine (C=N–C) groups is 1. The molecule has 0 aliphatic carbocycles. The molecule has 3 aromatic rings. The van der Waals surface area contributed by atoms with E-state index in [9.17, 15) is 23.2 Å². The van der Waals surface area contributed by atoms with E-state index in [1.54, 1.807) is 13.1 Å². The van der Waals surface area contributed by atoms with Gasteiger partial charge in [-0.25, -0.2) is 13.8 Å². The molecule has 0 saturated heterocycles. The van der Waals surface area contributed by atoms with Crippen molar-refractivity contribution in [3.05, 3.63) is 101 Å². The quantitative estimate of drug-likeness (QED) is 0.559. The van der Waals surface area contributed by atoms with Gasteiger partial charge in [0.1, 0.15) is 17.7 Å². The van der Waals surface area contributed by atoms with Crippen molar-refractivity contribution in [2.24, 2.45) is 4.99 Å². The molecule has 1 N–H and O–H groups in total. The topological polar surface area (TPSA) is 82.1 Å². The van der Waals surface area contributed by atoms with E-state index in [1.165, 1.54) is 23.8 Å². The van der Waals surface area contributed by atoms with E-state index in [2.05, 4.69) is 10.3 Å². The van der Waals surface area contributed by atoms with E-state index in [4.69, 9.17) is 0 Å². The van der Waals surface area contributed by atoms with Crippen molar-refractivity contribution in [3.8, 4) is 0 Å². The van der Waals surface area contributed by atoms with Gasteiger partial charge in [0.05, 0.1) is 17.8 Å². The van der Waals surface area contributed by atoms with E-state index in [-0.39, 0.29) is 12.0 Å². The number of benzene rings is 3. The van der Waals surface area contributed by atoms with Crippen LogP contribution in [0.4, 0.5) is 14.5 Å². The Balaban J connectivity index is 1.57. The van der Waals surface area contributed by atoms with Crippen LogP contribution in [0.2, 0.25) is 0 Å². The number of hydrogen-bond donors (Lipinski definition) is 1. The fraction of sp³-hybridized carbons (Fsp3) is 0.214. The predicted octanol–water partition coefficient (Wildman–Crippen LogP) is 3.31. The van der Waals surface area contributed by atoms with Crippen LogP contribution in [0.15, 0.2) is 77.8 Å². The highest BCUT2D eigenvalue weighted by Gasteiger charge is 2.33. The summed E-state index contributed by atoms with van der Waals surface area (Å²) < 4.78 is 27.0. The van der Waals surface area contributed by atoms with Crippen LogP contribution in [0.1, 0.15) is 23.6 Å². The van der Waals surface area contributed by atoms with Gasteiger partial charge in [0, 0.05) is 31.3 Å². The van der Waals surface area contributed by atoms with Gasteiger partial charge in [0.25, 0.3) is 5.91 Å². The number of benzodiazepines with no additional fused rings is 1. The van der Waals surface area contributed by atoms with Gasteiger partial charge in [-0.3, -0.25) is 14.4 Å². The first kappa shape index (κ1) is 25.7. The summed E-state index contributed by atoms with van der Waals surface area (Å²) >= 11 is 0. The predicted molar refractivity (Wildman–Crippen MR) is 136 cm³/mol. The lowest BCUT2D eigenvalue weighted by molar-refractivity contribution is -0.138. The molecule has 0 saturated carbocycles. The summed E-state index contributed by atoms with van der Waals surface area (Å²) in [5.74, 6) is -3.14. The van der Waals surface area contributed by atoms with E-state index in [1.807, 2.05) is 48.5 Å². The molecule has 1 aliphatic heterocycles. The van der Waals surface area contributed by atoms with Gasteiger partial charge in [-0.1, -0.05) is 48.5 Å². The average molecular weight is 505 g/mol. The maximum atomic E-state index is 13.5. The molecule has 190 valence electrons. The van der Waals surface area contributed by atoms with Crippen LogP contribution < -0.4 is 10.2 Å². The van der Waals surface area contributed by atoms with Crippen molar-refractivity contribution >= 4 is 29.1 Å². The lowest BCUT2D eigenvalue weighted by atomic mass is 10.0. The van der Waals surface area contributed by atoms with Crippen LogP contribution in [-0.4, -0.2) is 54.6 Å². The first-order valence-electron chi connectivity index (χ1n) is 11.7. The number of fused-ring (bicyclic) bond motifs is 1. The third kappa shape index (κ3) is 5.55. The fourth-order valence-corrected chi connectivity index (χ4v) is 4.10. The van der Waals surface area contributed by atoms with E-state index < -0.39 is 41.6 Å². The molecule has 1 unspecified atom stereocenters. The number of carbonyl (C=O) groups excluding carboxylic acids is 3. The third-order valence-corrected chi connectivity index (χ3v) is 6.30. The van der Waals surface area contributed by atoms with E-state index in [0.717, 1.165) is 29.3 Å². The Bertz CT molecular complexity index is 1360. The fourth-order valence-electron chi connectivity index (χ4n) is 4.10. The Morgan fingerprint density at radius 3 is 2.32 bits per heavy atom. The molecule has 7 nitrogen and oxygen atoms in total. The summed E-state index contributed by atoms with van der Waals surface area (Å²) in [7, 11) is 3.03. The molecule has 0 fully saturated rings. The summed E-state index contributed by atoms with van der Waals surface area (Å²) in [6.07, 6.45) is -1.53. The minimum atomic E-state index is -1.23. The van der Waals surface area contributed by atoms with Gasteiger partial charge in [-0.05, 0) is 30.7 Å². The van der Waals surface area contributed by atoms with Crippen LogP contribution in [0.3, 0.4) is 0 Å². The van der Waals surface area contributed by atoms with Crippen molar-refractivity contribution in [1.29, 1.82) is 0 Å². The zero-order valence-electron chi connectivity index (χ0n) is 20.6. The molecule has 4 rings (SSSR count). The average Bonchev–Trinajstić information content (AvgIpc) is 2.98. The highest BCUT2D eigenvalue weighted by molar-refractivity contribution is 6.20. The number of carbonyl (C=O) groups is 3. The molecule has 3 amide bonds. The smallest absolute Gasteiger partial charge is 0.272 e. The second-order valence-electron chi connectivity index (χ2n) is 8.80. The molecule has 1 aliphatic rings. The number of halogens is 2. The van der Waals surface area contributed by atoms with Crippen LogP contribution in [-0.2, 0) is 20.8 Å². The summed E-state index contributed by atoms with van der Waals surface area (Å²) in [6.45, 7) is 1.50. The molecule has 0 radical (unpaired) electrons. The zero-order chi connectivity index (χ0) is 26.7. The van der Waals surface area contributed by atoms with E-state index in [0.29, 0.717) is 11.4 Å². The number of nitrogens with one attached hydrogen (secondary N) is 1. The second-order valence-corrected chi connectivity index (χ2v) is 8.80. The number of likely N-dealkylation sites (N-methyl/N-ethyl adjacent to an activating group) is 2. The van der Waals surface area contributed by atoms with Gasteiger partial charge < -0.3 is 15.1 Å². The number of anilines is 1. The minimum Gasteiger partial charge on any atom is -0.334 e. The number of para-hydroxylation sites is 1. The summed E-state index contributed by atoms with van der Waals surface area (Å²) in [6, 6.07) is 18.5. The Morgan fingerprint density at radius 1 is 1.03 bits per heavy atom. The van der Waals surface area contributed by atoms with Gasteiger partial charge in [-0.15, -0.1) is 0 Å². The van der Waals surface area contributed by atoms with Crippen LogP contribution in [0, 0.1) is 11.6 Å². The minimum absolute atomic E-state index is 0.150. The van der Waals surface area contributed by atoms with Crippen molar-refractivity contribution in [2.45, 2.75) is 25.6 Å². The van der Waals surface area contributed by atoms with E-state index >= 15 is 0 Å². The molecule has 0 aromatic heterocycles. The molecule has 2 atom stereocenters. The van der Waals surface area contributed by atoms with Gasteiger partial charge in [-0.2, -0.15) is 0 Å². The summed E-state index contributed by atoms with van der Waals surface area (Å²) in [4.78, 5) is 46.4. The van der Waals surface area contributed by atoms with Gasteiger partial charge in [0.15, 0.2) is 0 Å². The molecular weight excluding hydrogens is 478 g/mol. The molecule has 37 heavy (non-hydrogen) atoms. The zero-order valence-corrected chi connectivity index (χ0v) is 20.6. The van der Waals surface area contributed by atoms with Crippen molar-refractivity contribution < 1.29 is 23.2 Å². The summed E-state index contributed by atoms with van der Waals surface area (Å²) in [5.41, 5.74) is 2.86. The summed E-state index contributed by atoms with van der Waals surface area (Å²) in [5, 5.41) is 2.66. The monoisotopic (exact) mass is 504 g/mol. The Kier molecular flexibility index (Phi) is 7.42. The van der Waals surface area contributed by atoms with Gasteiger partial charge in [0.2, 0.25) is 18.0 Å². The van der Waals surface area contributed by atoms with Crippen molar-refractivity contribution in [1.82, 2.24) is 10.2 Å². The molecule has 1 heterocycles. The highest BCUT2D eigenvalue weighted by atomic mass is 19.1. The lowest BCUT2D eigenvalue weighted by Gasteiger charge is -2.26. The van der Waals surface area contributed by atoms with Crippen molar-refractivity contribution in [3.63, 3.8) is 0 Å². The highest BCUT2D eigenvalue weighted by Crippen LogP contribution is 2.27. The maximum Gasteiger partial charge on any atom is 0.272 e. The molecular formula is C28H26F2N4O3. The Morgan fingerprint density at radius 2 is 1.65 bits per heavy atom. The SMILES string of the molecule is C[C@@H](C(=O)NC1N=C(c2ccccc2)c2ccccc2N(C)C1=O)N(C)C(=O)Cc1cc(F)cc(F)c1. The number of rotatable bonds is 6. The molecule has 3 aromatic carbocycles. The Hall–Kier alpha value is -4.40. The first-order valence-corrected chi connectivity index (χ1v) is 11.7. The van der Waals surface area contributed by atoms with Crippen molar-refractivity contribution in [2.75, 3.05) is 19.0 Å². The number of hydrogen-bond acceptors (Lipinski definition) is 4. The molecule has 9 heteroatoms. The van der Waals surface area contributed by atoms with Gasteiger partial charge >= 0.3 is 0 Å². The van der Waals surface area contributed by atoms with Crippen LogP contribution in [0.25, 0.3) is 0 Å². The number of amides is 3. The normalized spacial score (nSPS) is 15.8. The maximum absolute atomic E-state index is 13.5. The largest absolute Gasteiger partial charge is 0.334 e. The van der Waals surface area contributed by atoms with Crippen LogP contribution >= 0.6 is 0 Å². The third-order valence-electron chi connectivity index (χ3n) is 6.30. The second kappa shape index (κ2) is 10.7.